The van der Waals surface area contributed by atoms with E-state index in [2.05, 4.69) is 10.4 Å². The van der Waals surface area contributed by atoms with Gasteiger partial charge in [-0.1, -0.05) is 6.42 Å². The Morgan fingerprint density at radius 1 is 1.45 bits per heavy atom. The molecule has 0 saturated heterocycles. The number of nitrogens with one attached hydrogen (secondary N) is 1. The molecule has 7 heteroatoms. The third-order valence-electron chi connectivity index (χ3n) is 3.88. The largest absolute Gasteiger partial charge is 0.351 e. The van der Waals surface area contributed by atoms with E-state index in [1.807, 2.05) is 0 Å². The van der Waals surface area contributed by atoms with Gasteiger partial charge in [0.15, 0.2) is 0 Å². The van der Waals surface area contributed by atoms with Crippen molar-refractivity contribution in [2.45, 2.75) is 49.9 Å². The molecule has 3 atom stereocenters. The lowest BCUT2D eigenvalue weighted by Crippen LogP contribution is -2.44. The van der Waals surface area contributed by atoms with Gasteiger partial charge >= 0.3 is 0 Å². The number of hydrogen-bond acceptors (Lipinski definition) is 4. The van der Waals surface area contributed by atoms with E-state index in [0.29, 0.717) is 12.8 Å². The molecule has 2 rings (SSSR count). The Kier molecular flexibility index (Phi) is 4.47. The lowest BCUT2D eigenvalue weighted by molar-refractivity contribution is -0.125. The van der Waals surface area contributed by atoms with Crippen molar-refractivity contribution in [2.75, 3.05) is 6.26 Å². The van der Waals surface area contributed by atoms with Gasteiger partial charge in [0.25, 0.3) is 0 Å². The van der Waals surface area contributed by atoms with Gasteiger partial charge in [0.05, 0.1) is 5.25 Å². The Hall–Kier alpha value is -1.37. The first-order chi connectivity index (χ1) is 9.38. The molecule has 1 saturated carbocycles. The van der Waals surface area contributed by atoms with E-state index in [9.17, 15) is 13.2 Å². The standard InChI is InChI=1S/C13H21N3O3S/c1-10(16-8-4-7-14-16)13(17)15-11-5-3-6-12(9-11)20(2,18)19/h4,7-8,10-12H,3,5-6,9H2,1-2H3,(H,15,17)/t10-,11+,12-/m1/s1. The van der Waals surface area contributed by atoms with Crippen LogP contribution in [0.2, 0.25) is 0 Å². The summed E-state index contributed by atoms with van der Waals surface area (Å²) in [5.41, 5.74) is 0. The first-order valence-electron chi connectivity index (χ1n) is 6.86. The average Bonchev–Trinajstić information content (AvgIpc) is 2.91. The summed E-state index contributed by atoms with van der Waals surface area (Å²) in [6, 6.07) is 1.32. The minimum Gasteiger partial charge on any atom is -0.351 e. The van der Waals surface area contributed by atoms with Gasteiger partial charge in [-0.05, 0) is 32.3 Å². The van der Waals surface area contributed by atoms with Gasteiger partial charge in [-0.3, -0.25) is 9.48 Å². The zero-order chi connectivity index (χ0) is 14.8. The van der Waals surface area contributed by atoms with E-state index >= 15 is 0 Å². The van der Waals surface area contributed by atoms with Crippen LogP contribution in [0.15, 0.2) is 18.5 Å². The first-order valence-corrected chi connectivity index (χ1v) is 8.81. The minimum absolute atomic E-state index is 0.0611. The molecule has 20 heavy (non-hydrogen) atoms. The molecule has 1 N–H and O–H groups in total. The molecule has 0 bridgehead atoms. The summed E-state index contributed by atoms with van der Waals surface area (Å²) in [6.07, 6.45) is 7.52. The van der Waals surface area contributed by atoms with Crippen LogP contribution in [0.25, 0.3) is 0 Å². The van der Waals surface area contributed by atoms with Crippen molar-refractivity contribution in [2.24, 2.45) is 0 Å². The van der Waals surface area contributed by atoms with Crippen molar-refractivity contribution in [1.82, 2.24) is 15.1 Å². The average molecular weight is 299 g/mol. The van der Waals surface area contributed by atoms with E-state index in [0.717, 1.165) is 12.8 Å². The SMILES string of the molecule is C[C@H](C(=O)N[C@H]1CCC[C@@H](S(C)(=O)=O)C1)n1cccn1. The Balaban J connectivity index is 1.94. The van der Waals surface area contributed by atoms with Gasteiger partial charge in [-0.25, -0.2) is 8.42 Å². The molecule has 1 heterocycles. The molecule has 1 aliphatic carbocycles. The van der Waals surface area contributed by atoms with Gasteiger partial charge in [-0.2, -0.15) is 5.10 Å². The van der Waals surface area contributed by atoms with E-state index in [-0.39, 0.29) is 23.2 Å². The van der Waals surface area contributed by atoms with E-state index < -0.39 is 9.84 Å². The monoisotopic (exact) mass is 299 g/mol. The van der Waals surface area contributed by atoms with E-state index in [1.165, 1.54) is 6.26 Å². The van der Waals surface area contributed by atoms with Crippen molar-refractivity contribution < 1.29 is 13.2 Å². The molecule has 112 valence electrons. The molecule has 1 aromatic heterocycles. The summed E-state index contributed by atoms with van der Waals surface area (Å²) in [4.78, 5) is 12.1. The van der Waals surface area contributed by atoms with Crippen molar-refractivity contribution in [3.05, 3.63) is 18.5 Å². The predicted molar refractivity (Wildman–Crippen MR) is 76.0 cm³/mol. The Morgan fingerprint density at radius 3 is 2.80 bits per heavy atom. The van der Waals surface area contributed by atoms with Crippen LogP contribution in [0.4, 0.5) is 0 Å². The highest BCUT2D eigenvalue weighted by Crippen LogP contribution is 2.24. The molecule has 1 aliphatic rings. The fourth-order valence-corrected chi connectivity index (χ4v) is 3.79. The maximum absolute atomic E-state index is 12.1. The van der Waals surface area contributed by atoms with Gasteiger partial charge < -0.3 is 5.32 Å². The van der Waals surface area contributed by atoms with Crippen LogP contribution in [0, 0.1) is 0 Å². The van der Waals surface area contributed by atoms with Crippen LogP contribution in [0.1, 0.15) is 38.6 Å². The van der Waals surface area contributed by atoms with Crippen LogP contribution in [-0.4, -0.2) is 41.7 Å². The smallest absolute Gasteiger partial charge is 0.244 e. The number of rotatable bonds is 4. The van der Waals surface area contributed by atoms with Crippen LogP contribution < -0.4 is 5.32 Å². The summed E-state index contributed by atoms with van der Waals surface area (Å²) < 4.78 is 24.8. The third-order valence-corrected chi connectivity index (χ3v) is 5.52. The summed E-state index contributed by atoms with van der Waals surface area (Å²) in [6.45, 7) is 1.78. The molecule has 0 aromatic carbocycles. The van der Waals surface area contributed by atoms with E-state index in [1.54, 1.807) is 30.1 Å². The summed E-state index contributed by atoms with van der Waals surface area (Å²) in [5.74, 6) is -0.118. The maximum atomic E-state index is 12.1. The van der Waals surface area contributed by atoms with Crippen LogP contribution in [0.5, 0.6) is 0 Å². The van der Waals surface area contributed by atoms with Gasteiger partial charge in [-0.15, -0.1) is 0 Å². The van der Waals surface area contributed by atoms with E-state index in [4.69, 9.17) is 0 Å². The Morgan fingerprint density at radius 2 is 2.20 bits per heavy atom. The Bertz CT molecular complexity index is 553. The zero-order valence-electron chi connectivity index (χ0n) is 11.8. The molecule has 0 radical (unpaired) electrons. The number of hydrogen-bond donors (Lipinski definition) is 1. The molecular weight excluding hydrogens is 278 g/mol. The maximum Gasteiger partial charge on any atom is 0.244 e. The summed E-state index contributed by atoms with van der Waals surface area (Å²) in [5, 5.41) is 6.66. The molecule has 0 spiro atoms. The highest BCUT2D eigenvalue weighted by Gasteiger charge is 2.30. The second-order valence-corrected chi connectivity index (χ2v) is 7.81. The predicted octanol–water partition coefficient (Wildman–Crippen LogP) is 0.916. The first kappa shape index (κ1) is 15.0. The van der Waals surface area contributed by atoms with Gasteiger partial charge in [0.1, 0.15) is 15.9 Å². The molecule has 1 amide bonds. The lowest BCUT2D eigenvalue weighted by atomic mass is 9.95. The normalized spacial score (nSPS) is 25.1. The second kappa shape index (κ2) is 5.95. The fraction of sp³-hybridized carbons (Fsp3) is 0.692. The molecule has 1 fully saturated rings. The summed E-state index contributed by atoms with van der Waals surface area (Å²) in [7, 11) is -3.03. The topological polar surface area (TPSA) is 81.1 Å². The molecule has 0 unspecified atom stereocenters. The fourth-order valence-electron chi connectivity index (χ4n) is 2.62. The van der Waals surface area contributed by atoms with Crippen molar-refractivity contribution in [3.8, 4) is 0 Å². The molecule has 0 aliphatic heterocycles. The number of sulfone groups is 1. The van der Waals surface area contributed by atoms with Gasteiger partial charge in [0, 0.05) is 24.7 Å². The quantitative estimate of drug-likeness (QED) is 0.896. The van der Waals surface area contributed by atoms with Crippen molar-refractivity contribution >= 4 is 15.7 Å². The second-order valence-electron chi connectivity index (χ2n) is 5.49. The zero-order valence-corrected chi connectivity index (χ0v) is 12.6. The lowest BCUT2D eigenvalue weighted by Gasteiger charge is -2.29. The number of nitrogens with zero attached hydrogens (tertiary/aromatic N) is 2. The number of carbonyl (C=O) groups excluding carboxylic acids is 1. The van der Waals surface area contributed by atoms with Crippen LogP contribution in [-0.2, 0) is 14.6 Å². The summed E-state index contributed by atoms with van der Waals surface area (Å²) >= 11 is 0. The van der Waals surface area contributed by atoms with Crippen molar-refractivity contribution in [1.29, 1.82) is 0 Å². The molecule has 6 nitrogen and oxygen atoms in total. The molecule has 1 aromatic rings. The number of aromatic nitrogens is 2. The highest BCUT2D eigenvalue weighted by atomic mass is 32.2. The third kappa shape index (κ3) is 3.59. The van der Waals surface area contributed by atoms with Crippen molar-refractivity contribution in [3.63, 3.8) is 0 Å². The Labute approximate surface area is 119 Å². The number of carbonyl (C=O) groups is 1. The minimum atomic E-state index is -3.03. The number of amides is 1. The van der Waals surface area contributed by atoms with Crippen LogP contribution >= 0.6 is 0 Å². The molecular formula is C13H21N3O3S. The highest BCUT2D eigenvalue weighted by molar-refractivity contribution is 7.91. The van der Waals surface area contributed by atoms with Crippen LogP contribution in [0.3, 0.4) is 0 Å². The van der Waals surface area contributed by atoms with Gasteiger partial charge in [0.2, 0.25) is 5.91 Å².